The van der Waals surface area contributed by atoms with Gasteiger partial charge >= 0.3 is 0 Å². The summed E-state index contributed by atoms with van der Waals surface area (Å²) >= 11 is 0. The van der Waals surface area contributed by atoms with Crippen LogP contribution >= 0.6 is 0 Å². The third-order valence-electron chi connectivity index (χ3n) is 4.78. The lowest BCUT2D eigenvalue weighted by atomic mass is 10.1. The number of aromatic nitrogens is 5. The van der Waals surface area contributed by atoms with E-state index in [4.69, 9.17) is 0 Å². The zero-order valence-corrected chi connectivity index (χ0v) is 16.0. The Morgan fingerprint density at radius 3 is 2.56 bits per heavy atom. The molecule has 7 nitrogen and oxygen atoms in total. The Morgan fingerprint density at radius 2 is 1.85 bits per heavy atom. The van der Waals surface area contributed by atoms with E-state index >= 15 is 0 Å². The van der Waals surface area contributed by atoms with Gasteiger partial charge in [0.2, 0.25) is 11.9 Å². The zero-order valence-electron chi connectivity index (χ0n) is 16.0. The van der Waals surface area contributed by atoms with Gasteiger partial charge in [0.25, 0.3) is 0 Å². The highest BCUT2D eigenvalue weighted by atomic mass is 15.3. The normalized spacial score (nSPS) is 14.8. The molecule has 1 aromatic carbocycles. The van der Waals surface area contributed by atoms with Crippen LogP contribution in [0.3, 0.4) is 0 Å². The summed E-state index contributed by atoms with van der Waals surface area (Å²) in [6, 6.07) is 10.6. The topological polar surface area (TPSA) is 91.4 Å². The van der Waals surface area contributed by atoms with Crippen LogP contribution < -0.4 is 10.6 Å². The van der Waals surface area contributed by atoms with Crippen molar-refractivity contribution in [1.29, 1.82) is 0 Å². The highest BCUT2D eigenvalue weighted by Crippen LogP contribution is 2.39. The molecule has 1 saturated carbocycles. The first-order valence-electron chi connectivity index (χ1n) is 9.51. The van der Waals surface area contributed by atoms with E-state index in [0.29, 0.717) is 17.8 Å². The van der Waals surface area contributed by atoms with Crippen molar-refractivity contribution in [3.63, 3.8) is 0 Å². The molecule has 3 N–H and O–H groups in total. The molecular weight excluding hydrogens is 338 g/mol. The third-order valence-corrected chi connectivity index (χ3v) is 4.78. The summed E-state index contributed by atoms with van der Waals surface area (Å²) in [5, 5.41) is 14.0. The summed E-state index contributed by atoms with van der Waals surface area (Å²) in [5.41, 5.74) is 3.61. The van der Waals surface area contributed by atoms with Crippen molar-refractivity contribution in [2.24, 2.45) is 0 Å². The van der Waals surface area contributed by atoms with Crippen LogP contribution in [-0.2, 0) is 6.42 Å². The van der Waals surface area contributed by atoms with Crippen LogP contribution in [0, 0.1) is 6.92 Å². The molecule has 0 bridgehead atoms. The number of rotatable bonds is 7. The van der Waals surface area contributed by atoms with Crippen LogP contribution in [-0.4, -0.2) is 25.1 Å². The van der Waals surface area contributed by atoms with Gasteiger partial charge in [-0.3, -0.25) is 5.10 Å². The van der Waals surface area contributed by atoms with E-state index in [1.54, 1.807) is 0 Å². The molecule has 1 aliphatic carbocycles. The number of hydrogen-bond donors (Lipinski definition) is 3. The monoisotopic (exact) mass is 363 g/mol. The number of H-pyrrole nitrogens is 1. The van der Waals surface area contributed by atoms with Crippen LogP contribution in [0.4, 0.5) is 17.7 Å². The van der Waals surface area contributed by atoms with Crippen molar-refractivity contribution in [1.82, 2.24) is 25.1 Å². The van der Waals surface area contributed by atoms with Gasteiger partial charge in [0.15, 0.2) is 5.82 Å². The second kappa shape index (κ2) is 7.34. The lowest BCUT2D eigenvalue weighted by Gasteiger charge is -2.15. The minimum Gasteiger partial charge on any atom is -0.348 e. The summed E-state index contributed by atoms with van der Waals surface area (Å²) in [4.78, 5) is 13.5. The van der Waals surface area contributed by atoms with E-state index in [9.17, 15) is 0 Å². The van der Waals surface area contributed by atoms with Crippen molar-refractivity contribution < 1.29 is 0 Å². The first-order valence-corrected chi connectivity index (χ1v) is 9.51. The highest BCUT2D eigenvalue weighted by Gasteiger charge is 2.25. The molecule has 1 unspecified atom stereocenters. The summed E-state index contributed by atoms with van der Waals surface area (Å²) in [7, 11) is 0. The van der Waals surface area contributed by atoms with Crippen LogP contribution in [0.2, 0.25) is 0 Å². The largest absolute Gasteiger partial charge is 0.348 e. The molecule has 3 aromatic rings. The Morgan fingerprint density at radius 1 is 1.11 bits per heavy atom. The molecule has 4 rings (SSSR count). The fraction of sp³-hybridized carbons (Fsp3) is 0.400. The van der Waals surface area contributed by atoms with E-state index in [1.165, 1.54) is 29.7 Å². The molecule has 1 atom stereocenters. The number of nitrogens with one attached hydrogen (secondary N) is 3. The van der Waals surface area contributed by atoms with E-state index in [0.717, 1.165) is 18.1 Å². The fourth-order valence-electron chi connectivity index (χ4n) is 2.95. The van der Waals surface area contributed by atoms with E-state index < -0.39 is 0 Å². The van der Waals surface area contributed by atoms with Crippen LogP contribution in [0.25, 0.3) is 0 Å². The van der Waals surface area contributed by atoms with Crippen molar-refractivity contribution >= 4 is 17.7 Å². The predicted molar refractivity (Wildman–Crippen MR) is 106 cm³/mol. The number of anilines is 3. The van der Waals surface area contributed by atoms with Gasteiger partial charge in [-0.2, -0.15) is 20.1 Å². The van der Waals surface area contributed by atoms with Gasteiger partial charge in [0, 0.05) is 24.1 Å². The van der Waals surface area contributed by atoms with Gasteiger partial charge in [-0.05, 0) is 32.3 Å². The first-order chi connectivity index (χ1) is 13.1. The summed E-state index contributed by atoms with van der Waals surface area (Å²) in [6.45, 7) is 6.22. The van der Waals surface area contributed by atoms with Gasteiger partial charge < -0.3 is 10.6 Å². The Kier molecular flexibility index (Phi) is 4.75. The van der Waals surface area contributed by atoms with Gasteiger partial charge in [-0.1, -0.05) is 36.8 Å². The Balaban J connectivity index is 1.51. The zero-order chi connectivity index (χ0) is 18.8. The summed E-state index contributed by atoms with van der Waals surface area (Å²) in [6.07, 6.45) is 3.20. The standard InChI is InChI=1S/C20H25N7/c1-4-17-22-19(21-13(3)14-7-5-12(2)6-8-14)25-20(23-17)24-18-11-16(26-27-18)15-9-10-15/h5-8,11,13,15H,4,9-10H2,1-3H3,(H3,21,22,23,24,25,26,27). The maximum absolute atomic E-state index is 4.53. The number of aromatic amines is 1. The molecule has 1 fully saturated rings. The number of hydrogen-bond acceptors (Lipinski definition) is 6. The lowest BCUT2D eigenvalue weighted by Crippen LogP contribution is -2.13. The van der Waals surface area contributed by atoms with E-state index in [1.807, 2.05) is 13.0 Å². The fourth-order valence-corrected chi connectivity index (χ4v) is 2.95. The van der Waals surface area contributed by atoms with Crippen molar-refractivity contribution in [3.8, 4) is 0 Å². The number of nitrogens with zero attached hydrogens (tertiary/aromatic N) is 4. The number of aryl methyl sites for hydroxylation is 2. The molecule has 2 heterocycles. The molecule has 27 heavy (non-hydrogen) atoms. The number of benzene rings is 1. The molecule has 140 valence electrons. The van der Waals surface area contributed by atoms with Crippen molar-refractivity contribution in [2.75, 3.05) is 10.6 Å². The predicted octanol–water partition coefficient (Wildman–Crippen LogP) is 4.26. The molecule has 7 heteroatoms. The van der Waals surface area contributed by atoms with Crippen LogP contribution in [0.5, 0.6) is 0 Å². The SMILES string of the molecule is CCc1nc(Nc2cc(C3CC3)[nH]n2)nc(NC(C)c2ccc(C)cc2)n1. The summed E-state index contributed by atoms with van der Waals surface area (Å²) < 4.78 is 0. The Labute approximate surface area is 159 Å². The van der Waals surface area contributed by atoms with Gasteiger partial charge in [-0.25, -0.2) is 0 Å². The highest BCUT2D eigenvalue weighted by molar-refractivity contribution is 5.50. The van der Waals surface area contributed by atoms with Crippen LogP contribution in [0.15, 0.2) is 30.3 Å². The lowest BCUT2D eigenvalue weighted by molar-refractivity contribution is 0.832. The minimum atomic E-state index is 0.0948. The molecule has 1 aliphatic rings. The van der Waals surface area contributed by atoms with Gasteiger partial charge in [0.05, 0.1) is 6.04 Å². The van der Waals surface area contributed by atoms with Gasteiger partial charge in [0.1, 0.15) is 5.82 Å². The summed E-state index contributed by atoms with van der Waals surface area (Å²) in [5.74, 6) is 3.18. The quantitative estimate of drug-likeness (QED) is 0.581. The Hall–Kier alpha value is -2.96. The third kappa shape index (κ3) is 4.24. The molecular formula is C20H25N7. The Bertz CT molecular complexity index is 912. The van der Waals surface area contributed by atoms with E-state index in [2.05, 4.69) is 73.9 Å². The molecule has 0 aliphatic heterocycles. The second-order valence-electron chi connectivity index (χ2n) is 7.14. The van der Waals surface area contributed by atoms with Crippen molar-refractivity contribution in [3.05, 3.63) is 53.0 Å². The maximum Gasteiger partial charge on any atom is 0.233 e. The minimum absolute atomic E-state index is 0.0948. The average molecular weight is 363 g/mol. The van der Waals surface area contributed by atoms with E-state index in [-0.39, 0.29) is 6.04 Å². The molecule has 0 saturated heterocycles. The second-order valence-corrected chi connectivity index (χ2v) is 7.14. The van der Waals surface area contributed by atoms with Gasteiger partial charge in [-0.15, -0.1) is 0 Å². The maximum atomic E-state index is 4.53. The van der Waals surface area contributed by atoms with Crippen LogP contribution in [0.1, 0.15) is 61.3 Å². The van der Waals surface area contributed by atoms with Crippen molar-refractivity contribution in [2.45, 2.75) is 52.0 Å². The molecule has 0 radical (unpaired) electrons. The average Bonchev–Trinajstić information content (AvgIpc) is 3.41. The smallest absolute Gasteiger partial charge is 0.233 e. The first kappa shape index (κ1) is 17.5. The molecule has 0 spiro atoms. The molecule has 0 amide bonds. The molecule has 2 aromatic heterocycles.